The maximum Gasteiger partial charge on any atom is 0.303 e. The molecule has 0 fully saturated rings. The Bertz CT molecular complexity index is 392. The second kappa shape index (κ2) is 31.2. The highest BCUT2D eigenvalue weighted by Crippen LogP contribution is 2.11. The number of rotatable bonds is 24. The second-order valence-corrected chi connectivity index (χ2v) is 9.73. The van der Waals surface area contributed by atoms with Crippen LogP contribution in [-0.2, 0) is 4.79 Å². The molecule has 3 heteroatoms. The Morgan fingerprint density at radius 2 is 0.970 bits per heavy atom. The molecule has 0 bridgehead atoms. The van der Waals surface area contributed by atoms with Crippen LogP contribution in [0.3, 0.4) is 0 Å². The highest BCUT2D eigenvalue weighted by Gasteiger charge is 2.02. The van der Waals surface area contributed by atoms with E-state index in [-0.39, 0.29) is 6.10 Å². The van der Waals surface area contributed by atoms with Gasteiger partial charge in [0.15, 0.2) is 0 Å². The smallest absolute Gasteiger partial charge is 0.303 e. The van der Waals surface area contributed by atoms with Crippen molar-refractivity contribution < 1.29 is 15.0 Å². The first-order valence-corrected chi connectivity index (χ1v) is 14.6. The largest absolute Gasteiger partial charge is 0.481 e. The molecule has 1 atom stereocenters. The number of carboxylic acids is 1. The standard InChI is InChI=1S/C18H34O2.C12H26O/c1-2-3-4-5-6-7-8-9-10-11-12-13-14-15-16-17-18(19)20;1-3-5-7-8-9-11-12(13)10-6-4-2/h9-10H,2-8,11-17H2,1H3,(H,19,20);12-13H,3-11H2,1-2H3/b10-9-;. The molecule has 0 spiro atoms. The molecule has 1 unspecified atom stereocenters. The molecule has 0 aliphatic heterocycles. The second-order valence-electron chi connectivity index (χ2n) is 9.73. The molecule has 198 valence electrons. The van der Waals surface area contributed by atoms with Crippen molar-refractivity contribution in [3.05, 3.63) is 12.2 Å². The van der Waals surface area contributed by atoms with Crippen molar-refractivity contribution in [1.29, 1.82) is 0 Å². The number of aliphatic hydroxyl groups excluding tert-OH is 1. The average Bonchev–Trinajstić information content (AvgIpc) is 2.80. The van der Waals surface area contributed by atoms with Gasteiger partial charge in [-0.15, -0.1) is 0 Å². The lowest BCUT2D eigenvalue weighted by Crippen LogP contribution is -2.05. The lowest BCUT2D eigenvalue weighted by atomic mass is 10.0. The van der Waals surface area contributed by atoms with E-state index in [9.17, 15) is 9.90 Å². The minimum Gasteiger partial charge on any atom is -0.481 e. The number of carbonyl (C=O) groups is 1. The molecule has 0 amide bonds. The van der Waals surface area contributed by atoms with Crippen molar-refractivity contribution in [2.45, 2.75) is 175 Å². The van der Waals surface area contributed by atoms with Crippen molar-refractivity contribution in [1.82, 2.24) is 0 Å². The number of aliphatic hydroxyl groups is 1. The van der Waals surface area contributed by atoms with Crippen molar-refractivity contribution >= 4 is 5.97 Å². The molecule has 0 rings (SSSR count). The first-order valence-electron chi connectivity index (χ1n) is 14.6. The summed E-state index contributed by atoms with van der Waals surface area (Å²) in [5.74, 6) is -0.664. The number of hydrogen-bond acceptors (Lipinski definition) is 2. The number of unbranched alkanes of at least 4 members (excludes halogenated alkanes) is 16. The van der Waals surface area contributed by atoms with E-state index < -0.39 is 5.97 Å². The summed E-state index contributed by atoms with van der Waals surface area (Å²) in [6, 6.07) is 0. The van der Waals surface area contributed by atoms with E-state index in [1.54, 1.807) is 0 Å². The van der Waals surface area contributed by atoms with Crippen molar-refractivity contribution in [2.24, 2.45) is 0 Å². The predicted molar refractivity (Wildman–Crippen MR) is 146 cm³/mol. The van der Waals surface area contributed by atoms with E-state index in [1.807, 2.05) is 0 Å². The summed E-state index contributed by atoms with van der Waals surface area (Å²) in [6.45, 7) is 6.67. The zero-order chi connectivity index (χ0) is 24.8. The monoisotopic (exact) mass is 468 g/mol. The van der Waals surface area contributed by atoms with Crippen LogP contribution < -0.4 is 0 Å². The molecule has 0 aromatic heterocycles. The molecule has 0 aliphatic carbocycles. The first-order chi connectivity index (χ1) is 16.1. The Morgan fingerprint density at radius 1 is 0.576 bits per heavy atom. The molecular formula is C30H60O3. The van der Waals surface area contributed by atoms with Crippen LogP contribution in [0.4, 0.5) is 0 Å². The summed E-state index contributed by atoms with van der Waals surface area (Å²) in [6.07, 6.45) is 32.1. The van der Waals surface area contributed by atoms with Crippen LogP contribution in [0, 0.1) is 0 Å². The molecule has 0 aromatic carbocycles. The topological polar surface area (TPSA) is 57.5 Å². The minimum absolute atomic E-state index is 0.0263. The van der Waals surface area contributed by atoms with E-state index in [2.05, 4.69) is 32.9 Å². The summed E-state index contributed by atoms with van der Waals surface area (Å²) >= 11 is 0. The van der Waals surface area contributed by atoms with Crippen LogP contribution in [0.5, 0.6) is 0 Å². The van der Waals surface area contributed by atoms with Crippen LogP contribution in [0.15, 0.2) is 12.2 Å². The Labute approximate surface area is 207 Å². The highest BCUT2D eigenvalue weighted by atomic mass is 16.4. The van der Waals surface area contributed by atoms with Crippen molar-refractivity contribution in [3.8, 4) is 0 Å². The maximum atomic E-state index is 10.3. The predicted octanol–water partition coefficient (Wildman–Crippen LogP) is 10.0. The molecule has 0 radical (unpaired) electrons. The lowest BCUT2D eigenvalue weighted by Gasteiger charge is -2.08. The summed E-state index contributed by atoms with van der Waals surface area (Å²) in [5, 5.41) is 18.0. The van der Waals surface area contributed by atoms with Crippen LogP contribution in [0.1, 0.15) is 168 Å². The van der Waals surface area contributed by atoms with Gasteiger partial charge >= 0.3 is 5.97 Å². The van der Waals surface area contributed by atoms with Crippen molar-refractivity contribution in [3.63, 3.8) is 0 Å². The van der Waals surface area contributed by atoms with Gasteiger partial charge in [-0.25, -0.2) is 0 Å². The Balaban J connectivity index is 0. The molecule has 0 aromatic rings. The van der Waals surface area contributed by atoms with Gasteiger partial charge in [0.25, 0.3) is 0 Å². The fourth-order valence-corrected chi connectivity index (χ4v) is 3.91. The van der Waals surface area contributed by atoms with Crippen LogP contribution in [0.25, 0.3) is 0 Å². The maximum absolute atomic E-state index is 10.3. The van der Waals surface area contributed by atoms with E-state index in [0.717, 1.165) is 25.7 Å². The minimum atomic E-state index is -0.664. The van der Waals surface area contributed by atoms with E-state index in [4.69, 9.17) is 5.11 Å². The molecule has 0 saturated carbocycles. The number of allylic oxidation sites excluding steroid dienone is 2. The first kappa shape index (κ1) is 34.3. The molecular weight excluding hydrogens is 408 g/mol. The number of hydrogen-bond donors (Lipinski definition) is 2. The van der Waals surface area contributed by atoms with Gasteiger partial charge in [0.1, 0.15) is 0 Å². The van der Waals surface area contributed by atoms with E-state index >= 15 is 0 Å². The van der Waals surface area contributed by atoms with Crippen LogP contribution in [-0.4, -0.2) is 22.3 Å². The number of aliphatic carboxylic acids is 1. The Kier molecular flexibility index (Phi) is 32.4. The fraction of sp³-hybridized carbons (Fsp3) is 0.900. The molecule has 2 N–H and O–H groups in total. The quantitative estimate of drug-likeness (QED) is 0.109. The number of carboxylic acid groups (broad SMARTS) is 1. The molecule has 0 aliphatic rings. The molecule has 3 nitrogen and oxygen atoms in total. The normalized spacial score (nSPS) is 12.0. The van der Waals surface area contributed by atoms with Gasteiger partial charge in [-0.2, -0.15) is 0 Å². The van der Waals surface area contributed by atoms with Gasteiger partial charge < -0.3 is 10.2 Å². The van der Waals surface area contributed by atoms with Gasteiger partial charge in [0.2, 0.25) is 0 Å². The lowest BCUT2D eigenvalue weighted by molar-refractivity contribution is -0.137. The van der Waals surface area contributed by atoms with E-state index in [1.165, 1.54) is 116 Å². The Morgan fingerprint density at radius 3 is 1.45 bits per heavy atom. The third kappa shape index (κ3) is 35.9. The van der Waals surface area contributed by atoms with Gasteiger partial charge in [0.05, 0.1) is 6.10 Å². The fourth-order valence-electron chi connectivity index (χ4n) is 3.91. The van der Waals surface area contributed by atoms with Gasteiger partial charge in [0, 0.05) is 6.42 Å². The Hall–Kier alpha value is -0.830. The van der Waals surface area contributed by atoms with Gasteiger partial charge in [-0.05, 0) is 44.9 Å². The zero-order valence-corrected chi connectivity index (χ0v) is 22.8. The van der Waals surface area contributed by atoms with Gasteiger partial charge in [-0.3, -0.25) is 4.79 Å². The van der Waals surface area contributed by atoms with Crippen LogP contribution >= 0.6 is 0 Å². The third-order valence-electron chi connectivity index (χ3n) is 6.18. The summed E-state index contributed by atoms with van der Waals surface area (Å²) < 4.78 is 0. The summed E-state index contributed by atoms with van der Waals surface area (Å²) in [5.41, 5.74) is 0. The highest BCUT2D eigenvalue weighted by molar-refractivity contribution is 5.66. The molecule has 0 saturated heterocycles. The zero-order valence-electron chi connectivity index (χ0n) is 22.8. The average molecular weight is 469 g/mol. The third-order valence-corrected chi connectivity index (χ3v) is 6.18. The SMILES string of the molecule is CCCCCCCC(O)CCCC.CCCCCCCC/C=C\CCCCCCCC(=O)O. The molecule has 33 heavy (non-hydrogen) atoms. The summed E-state index contributed by atoms with van der Waals surface area (Å²) in [7, 11) is 0. The van der Waals surface area contributed by atoms with Gasteiger partial charge in [-0.1, -0.05) is 129 Å². The van der Waals surface area contributed by atoms with Crippen LogP contribution in [0.2, 0.25) is 0 Å². The summed E-state index contributed by atoms with van der Waals surface area (Å²) in [4.78, 5) is 10.3. The molecule has 0 heterocycles. The van der Waals surface area contributed by atoms with E-state index in [0.29, 0.717) is 6.42 Å². The van der Waals surface area contributed by atoms with Crippen molar-refractivity contribution in [2.75, 3.05) is 0 Å².